The van der Waals surface area contributed by atoms with Gasteiger partial charge in [0.15, 0.2) is 0 Å². The second-order valence-electron chi connectivity index (χ2n) is 4.07. The van der Waals surface area contributed by atoms with Gasteiger partial charge in [-0.3, -0.25) is 4.79 Å². The third-order valence-corrected chi connectivity index (χ3v) is 3.99. The summed E-state index contributed by atoms with van der Waals surface area (Å²) in [6, 6.07) is 12.7. The Bertz CT molecular complexity index is 687. The van der Waals surface area contributed by atoms with Crippen LogP contribution in [0.4, 0.5) is 0 Å². The van der Waals surface area contributed by atoms with E-state index < -0.39 is 0 Å². The molecule has 0 aliphatic heterocycles. The Morgan fingerprint density at radius 3 is 2.62 bits per heavy atom. The van der Waals surface area contributed by atoms with Crippen LogP contribution in [0.15, 0.2) is 56.5 Å². The second-order valence-corrected chi connectivity index (χ2v) is 5.78. The Balaban J connectivity index is 2.04. The largest absolute Gasteiger partial charge is 0.496 e. The van der Waals surface area contributed by atoms with Crippen molar-refractivity contribution in [2.75, 3.05) is 7.11 Å². The molecule has 0 atom stereocenters. The highest BCUT2D eigenvalue weighted by molar-refractivity contribution is 9.10. The van der Waals surface area contributed by atoms with E-state index in [-0.39, 0.29) is 5.91 Å². The molecule has 4 nitrogen and oxygen atoms in total. The summed E-state index contributed by atoms with van der Waals surface area (Å²) < 4.78 is 6.70. The van der Waals surface area contributed by atoms with Crippen molar-refractivity contribution in [1.82, 2.24) is 5.43 Å². The smallest absolute Gasteiger partial charge is 0.272 e. The minimum atomic E-state index is -0.272. The molecule has 6 heteroatoms. The van der Waals surface area contributed by atoms with Gasteiger partial charge >= 0.3 is 0 Å². The first kappa shape index (κ1) is 15.7. The van der Waals surface area contributed by atoms with E-state index >= 15 is 0 Å². The minimum Gasteiger partial charge on any atom is -0.496 e. The molecule has 0 bridgehead atoms. The van der Waals surface area contributed by atoms with E-state index in [1.54, 1.807) is 31.5 Å². The van der Waals surface area contributed by atoms with E-state index in [4.69, 9.17) is 4.74 Å². The molecule has 108 valence electrons. The van der Waals surface area contributed by atoms with Crippen LogP contribution in [0, 0.1) is 0 Å². The Hall–Kier alpha value is -1.66. The zero-order valence-electron chi connectivity index (χ0n) is 11.1. The van der Waals surface area contributed by atoms with Crippen LogP contribution in [0.1, 0.15) is 15.9 Å². The molecular formula is C15H12Br2N2O2. The fourth-order valence-corrected chi connectivity index (χ4v) is 2.66. The molecule has 2 aromatic rings. The first-order valence-corrected chi connectivity index (χ1v) is 7.62. The lowest BCUT2D eigenvalue weighted by Gasteiger charge is -2.04. The first-order chi connectivity index (χ1) is 10.1. The van der Waals surface area contributed by atoms with Gasteiger partial charge < -0.3 is 4.74 Å². The molecule has 0 radical (unpaired) electrons. The zero-order chi connectivity index (χ0) is 15.2. The van der Waals surface area contributed by atoms with Crippen LogP contribution in [-0.4, -0.2) is 19.2 Å². The number of carbonyl (C=O) groups is 1. The third kappa shape index (κ3) is 4.15. The average molecular weight is 412 g/mol. The number of hydrogen-bond donors (Lipinski definition) is 1. The van der Waals surface area contributed by atoms with Crippen LogP contribution in [0.25, 0.3) is 0 Å². The number of carbonyl (C=O) groups excluding carboxylic acids is 1. The van der Waals surface area contributed by atoms with Crippen LogP contribution >= 0.6 is 31.9 Å². The quantitative estimate of drug-likeness (QED) is 0.610. The first-order valence-electron chi connectivity index (χ1n) is 6.03. The maximum absolute atomic E-state index is 11.9. The van der Waals surface area contributed by atoms with Crippen molar-refractivity contribution in [3.8, 4) is 5.75 Å². The molecule has 0 heterocycles. The monoisotopic (exact) mass is 410 g/mol. The number of rotatable bonds is 4. The van der Waals surface area contributed by atoms with Crippen LogP contribution in [0.3, 0.4) is 0 Å². The van der Waals surface area contributed by atoms with Gasteiger partial charge in [0.1, 0.15) is 5.75 Å². The number of amides is 1. The van der Waals surface area contributed by atoms with Gasteiger partial charge in [-0.05, 0) is 67.8 Å². The van der Waals surface area contributed by atoms with Crippen molar-refractivity contribution in [3.05, 3.63) is 62.5 Å². The van der Waals surface area contributed by atoms with Crippen molar-refractivity contribution in [2.45, 2.75) is 0 Å². The topological polar surface area (TPSA) is 50.7 Å². The molecule has 0 saturated heterocycles. The number of nitrogens with zero attached hydrogens (tertiary/aromatic N) is 1. The second kappa shape index (κ2) is 7.38. The highest BCUT2D eigenvalue weighted by Gasteiger charge is 2.07. The van der Waals surface area contributed by atoms with Gasteiger partial charge in [-0.15, -0.1) is 0 Å². The van der Waals surface area contributed by atoms with Gasteiger partial charge in [0.2, 0.25) is 0 Å². The molecule has 0 unspecified atom stereocenters. The summed E-state index contributed by atoms with van der Waals surface area (Å²) in [4.78, 5) is 11.9. The lowest BCUT2D eigenvalue weighted by atomic mass is 10.2. The summed E-state index contributed by atoms with van der Waals surface area (Å²) >= 11 is 6.72. The van der Waals surface area contributed by atoms with Gasteiger partial charge in [-0.25, -0.2) is 5.43 Å². The van der Waals surface area contributed by atoms with Crippen molar-refractivity contribution in [1.29, 1.82) is 0 Å². The maximum Gasteiger partial charge on any atom is 0.272 e. The molecule has 0 fully saturated rings. The third-order valence-electron chi connectivity index (χ3n) is 2.67. The number of nitrogens with one attached hydrogen (secondary N) is 1. The predicted octanol–water partition coefficient (Wildman–Crippen LogP) is 3.98. The molecule has 0 aliphatic rings. The van der Waals surface area contributed by atoms with E-state index in [0.717, 1.165) is 20.3 Å². The molecule has 1 amide bonds. The molecule has 0 saturated carbocycles. The van der Waals surface area contributed by atoms with Gasteiger partial charge in [-0.2, -0.15) is 5.10 Å². The van der Waals surface area contributed by atoms with Crippen molar-refractivity contribution >= 4 is 44.0 Å². The molecule has 2 aromatic carbocycles. The fraction of sp³-hybridized carbons (Fsp3) is 0.0667. The normalized spacial score (nSPS) is 10.6. The van der Waals surface area contributed by atoms with E-state index in [9.17, 15) is 4.79 Å². The lowest BCUT2D eigenvalue weighted by Crippen LogP contribution is -2.18. The Morgan fingerprint density at radius 2 is 1.95 bits per heavy atom. The highest BCUT2D eigenvalue weighted by atomic mass is 79.9. The van der Waals surface area contributed by atoms with Gasteiger partial charge in [-0.1, -0.05) is 12.1 Å². The van der Waals surface area contributed by atoms with Gasteiger partial charge in [0.05, 0.1) is 23.4 Å². The molecule has 1 N–H and O–H groups in total. The van der Waals surface area contributed by atoms with Crippen LogP contribution in [0.2, 0.25) is 0 Å². The number of hydrazone groups is 1. The minimum absolute atomic E-state index is 0.272. The van der Waals surface area contributed by atoms with E-state index in [1.165, 1.54) is 0 Å². The van der Waals surface area contributed by atoms with Gasteiger partial charge in [0.25, 0.3) is 5.91 Å². The van der Waals surface area contributed by atoms with Crippen LogP contribution < -0.4 is 10.2 Å². The number of benzene rings is 2. The van der Waals surface area contributed by atoms with Crippen molar-refractivity contribution in [3.63, 3.8) is 0 Å². The summed E-state index contributed by atoms with van der Waals surface area (Å²) in [7, 11) is 1.60. The molecule has 0 spiro atoms. The summed E-state index contributed by atoms with van der Waals surface area (Å²) in [5.74, 6) is 0.468. The van der Waals surface area contributed by atoms with Crippen molar-refractivity contribution in [2.24, 2.45) is 5.10 Å². The van der Waals surface area contributed by atoms with E-state index in [2.05, 4.69) is 42.4 Å². The van der Waals surface area contributed by atoms with Gasteiger partial charge in [0, 0.05) is 4.47 Å². The molecule has 2 rings (SSSR count). The summed E-state index contributed by atoms with van der Waals surface area (Å²) in [6.45, 7) is 0. The van der Waals surface area contributed by atoms with Crippen molar-refractivity contribution < 1.29 is 9.53 Å². The summed E-state index contributed by atoms with van der Waals surface area (Å²) in [6.07, 6.45) is 1.57. The standard InChI is InChI=1S/C15H12Br2N2O2/c1-21-14-7-6-10(8-13(14)17)9-18-19-15(20)11-4-2-3-5-12(11)16/h2-9H,1H3,(H,19,20)/b18-9-. The van der Waals surface area contributed by atoms with E-state index in [1.807, 2.05) is 24.3 Å². The predicted molar refractivity (Wildman–Crippen MR) is 89.9 cm³/mol. The van der Waals surface area contributed by atoms with Crippen LogP contribution in [-0.2, 0) is 0 Å². The Labute approximate surface area is 139 Å². The maximum atomic E-state index is 11.9. The molecular weight excluding hydrogens is 400 g/mol. The average Bonchev–Trinajstić information content (AvgIpc) is 2.48. The highest BCUT2D eigenvalue weighted by Crippen LogP contribution is 2.24. The SMILES string of the molecule is COc1ccc(/C=N\NC(=O)c2ccccc2Br)cc1Br. The number of halogens is 2. The lowest BCUT2D eigenvalue weighted by molar-refractivity contribution is 0.0954. The zero-order valence-corrected chi connectivity index (χ0v) is 14.3. The van der Waals surface area contributed by atoms with Crippen LogP contribution in [0.5, 0.6) is 5.75 Å². The Kier molecular flexibility index (Phi) is 5.52. The molecule has 0 aliphatic carbocycles. The fourth-order valence-electron chi connectivity index (χ4n) is 1.63. The van der Waals surface area contributed by atoms with E-state index in [0.29, 0.717) is 5.56 Å². The number of hydrogen-bond acceptors (Lipinski definition) is 3. The number of ether oxygens (including phenoxy) is 1. The number of methoxy groups -OCH3 is 1. The summed E-state index contributed by atoms with van der Waals surface area (Å²) in [5, 5.41) is 3.95. The summed E-state index contributed by atoms with van der Waals surface area (Å²) in [5.41, 5.74) is 3.87. The Morgan fingerprint density at radius 1 is 1.19 bits per heavy atom. The molecule has 0 aromatic heterocycles. The molecule has 21 heavy (non-hydrogen) atoms.